The fourth-order valence-electron chi connectivity index (χ4n) is 1.76. The van der Waals surface area contributed by atoms with Crippen LogP contribution in [0.5, 0.6) is 0 Å². The molecule has 1 rings (SSSR count). The van der Waals surface area contributed by atoms with E-state index in [-0.39, 0.29) is 0 Å². The smallest absolute Gasteiger partial charge is 0.314 e. The minimum Gasteiger partial charge on any atom is -0.317 e. The minimum absolute atomic E-state index is 0.312. The maximum atomic E-state index is 10.5. The van der Waals surface area contributed by atoms with Gasteiger partial charge in [0.2, 0.25) is 0 Å². The number of amides is 1. The summed E-state index contributed by atoms with van der Waals surface area (Å²) in [6, 6.07) is 3.80. The monoisotopic (exact) mass is 238 g/mol. The van der Waals surface area contributed by atoms with Gasteiger partial charge in [0.05, 0.1) is 0 Å². The lowest BCUT2D eigenvalue weighted by atomic mass is 9.93. The molecule has 0 atom stereocenters. The highest BCUT2D eigenvalue weighted by Crippen LogP contribution is 2.34. The summed E-state index contributed by atoms with van der Waals surface area (Å²) in [6.45, 7) is 8.30. The van der Waals surface area contributed by atoms with Gasteiger partial charge in [0.25, 0.3) is 0 Å². The molecule has 0 aliphatic heterocycles. The summed E-state index contributed by atoms with van der Waals surface area (Å²) in [5, 5.41) is 3.38. The molecule has 87 valence electrons. The van der Waals surface area contributed by atoms with Crippen molar-refractivity contribution in [1.29, 1.82) is 0 Å². The van der Waals surface area contributed by atoms with Crippen molar-refractivity contribution in [3.05, 3.63) is 28.3 Å². The van der Waals surface area contributed by atoms with Gasteiger partial charge in [-0.05, 0) is 35.1 Å². The average Bonchev–Trinajstić information content (AvgIpc) is 2.19. The van der Waals surface area contributed by atoms with E-state index in [0.717, 1.165) is 16.8 Å². The Hall–Kier alpha value is -1.02. The molecule has 1 amide bonds. The molecule has 0 bridgehead atoms. The fraction of sp³-hybridized carbons (Fsp3) is 0.462. The Morgan fingerprint density at radius 1 is 1.12 bits per heavy atom. The van der Waals surface area contributed by atoms with Gasteiger partial charge in [0.15, 0.2) is 0 Å². The first-order chi connectivity index (χ1) is 7.47. The Bertz CT molecular complexity index is 357. The lowest BCUT2D eigenvalue weighted by Gasteiger charge is -2.18. The van der Waals surface area contributed by atoms with E-state index in [1.807, 2.05) is 12.1 Å². The van der Waals surface area contributed by atoms with E-state index in [1.54, 1.807) is 6.41 Å². The highest BCUT2D eigenvalue weighted by molar-refractivity contribution is 6.30. The first kappa shape index (κ1) is 13.0. The molecule has 1 N–H and O–H groups in total. The first-order valence-electron chi connectivity index (χ1n) is 5.43. The third-order valence-electron chi connectivity index (χ3n) is 2.58. The number of rotatable bonds is 4. The third kappa shape index (κ3) is 2.76. The van der Waals surface area contributed by atoms with Crippen molar-refractivity contribution in [2.24, 2.45) is 0 Å². The van der Waals surface area contributed by atoms with Crippen molar-refractivity contribution in [3.8, 4) is 0 Å². The zero-order valence-corrected chi connectivity index (χ0v) is 10.9. The summed E-state index contributed by atoms with van der Waals surface area (Å²) in [5.74, 6) is 0.624. The van der Waals surface area contributed by atoms with Gasteiger partial charge in [0, 0.05) is 10.7 Å². The highest BCUT2D eigenvalue weighted by atomic mass is 35.5. The van der Waals surface area contributed by atoms with Gasteiger partial charge in [-0.15, -0.1) is 0 Å². The molecule has 1 radical (unpaired) electrons. The second-order valence-electron chi connectivity index (χ2n) is 4.50. The topological polar surface area (TPSA) is 29.1 Å². The average molecular weight is 239 g/mol. The molecule has 0 saturated carbocycles. The number of anilines is 1. The van der Waals surface area contributed by atoms with Crippen LogP contribution in [-0.2, 0) is 4.79 Å². The van der Waals surface area contributed by atoms with E-state index < -0.39 is 0 Å². The van der Waals surface area contributed by atoms with Crippen molar-refractivity contribution < 1.29 is 4.79 Å². The number of hydrogen-bond acceptors (Lipinski definition) is 1. The molecule has 2 nitrogen and oxygen atoms in total. The highest BCUT2D eigenvalue weighted by Gasteiger charge is 2.15. The van der Waals surface area contributed by atoms with Crippen LogP contribution in [0.1, 0.15) is 50.7 Å². The fourth-order valence-corrected chi connectivity index (χ4v) is 1.99. The lowest BCUT2D eigenvalue weighted by Crippen LogP contribution is -2.05. The zero-order valence-electron chi connectivity index (χ0n) is 10.1. The number of carbonyl (C=O) groups excluding carboxylic acids is 1. The summed E-state index contributed by atoms with van der Waals surface area (Å²) in [5.41, 5.74) is 2.96. The predicted molar refractivity (Wildman–Crippen MR) is 68.9 cm³/mol. The van der Waals surface area contributed by atoms with Gasteiger partial charge in [-0.3, -0.25) is 4.79 Å². The molecular formula is C13H17ClNO. The molecule has 0 saturated heterocycles. The van der Waals surface area contributed by atoms with Crippen LogP contribution in [0, 0.1) is 0 Å². The van der Waals surface area contributed by atoms with Crippen LogP contribution < -0.4 is 5.32 Å². The van der Waals surface area contributed by atoms with Crippen LogP contribution in [0.3, 0.4) is 0 Å². The van der Waals surface area contributed by atoms with E-state index >= 15 is 0 Å². The van der Waals surface area contributed by atoms with Crippen molar-refractivity contribution in [2.75, 3.05) is 5.32 Å². The summed E-state index contributed by atoms with van der Waals surface area (Å²) >= 11 is 6.08. The molecule has 0 aromatic heterocycles. The lowest BCUT2D eigenvalue weighted by molar-refractivity contribution is 0.561. The van der Waals surface area contributed by atoms with E-state index in [9.17, 15) is 4.79 Å². The quantitative estimate of drug-likeness (QED) is 0.788. The molecule has 0 aliphatic rings. The van der Waals surface area contributed by atoms with Crippen molar-refractivity contribution in [1.82, 2.24) is 0 Å². The van der Waals surface area contributed by atoms with Crippen molar-refractivity contribution in [2.45, 2.75) is 39.5 Å². The third-order valence-corrected chi connectivity index (χ3v) is 2.80. The van der Waals surface area contributed by atoms with Crippen LogP contribution in [0.2, 0.25) is 5.02 Å². The van der Waals surface area contributed by atoms with Gasteiger partial charge >= 0.3 is 6.41 Å². The zero-order chi connectivity index (χ0) is 12.3. The molecule has 16 heavy (non-hydrogen) atoms. The predicted octanol–water partition coefficient (Wildman–Crippen LogP) is 4.07. The number of nitrogens with one attached hydrogen (secondary N) is 1. The number of benzene rings is 1. The molecule has 0 heterocycles. The molecule has 0 unspecified atom stereocenters. The van der Waals surface area contributed by atoms with Gasteiger partial charge in [-0.2, -0.15) is 0 Å². The number of hydrogen-bond donors (Lipinski definition) is 1. The Labute approximate surface area is 102 Å². The molecule has 0 aliphatic carbocycles. The molecule has 0 fully saturated rings. The van der Waals surface area contributed by atoms with Crippen molar-refractivity contribution >= 4 is 23.7 Å². The second-order valence-corrected chi connectivity index (χ2v) is 4.93. The van der Waals surface area contributed by atoms with Crippen LogP contribution in [0.4, 0.5) is 5.69 Å². The maximum absolute atomic E-state index is 10.5. The molecular weight excluding hydrogens is 222 g/mol. The van der Waals surface area contributed by atoms with E-state index in [1.165, 1.54) is 0 Å². The van der Waals surface area contributed by atoms with Crippen LogP contribution in [0.15, 0.2) is 12.1 Å². The Kier molecular flexibility index (Phi) is 4.36. The Morgan fingerprint density at radius 3 is 1.88 bits per heavy atom. The largest absolute Gasteiger partial charge is 0.317 e. The second kappa shape index (κ2) is 5.35. The van der Waals surface area contributed by atoms with E-state index in [2.05, 4.69) is 33.0 Å². The minimum atomic E-state index is 0.312. The van der Waals surface area contributed by atoms with Crippen molar-refractivity contribution in [3.63, 3.8) is 0 Å². The van der Waals surface area contributed by atoms with E-state index in [4.69, 9.17) is 11.6 Å². The first-order valence-corrected chi connectivity index (χ1v) is 5.81. The summed E-state index contributed by atoms with van der Waals surface area (Å²) in [6.07, 6.45) is 1.75. The summed E-state index contributed by atoms with van der Waals surface area (Å²) in [4.78, 5) is 10.5. The van der Waals surface area contributed by atoms with Gasteiger partial charge < -0.3 is 5.32 Å². The molecule has 0 spiro atoms. The van der Waals surface area contributed by atoms with Crippen LogP contribution >= 0.6 is 11.6 Å². The molecule has 1 aromatic rings. The molecule has 1 aromatic carbocycles. The van der Waals surface area contributed by atoms with Crippen LogP contribution in [0.25, 0.3) is 0 Å². The molecule has 3 heteroatoms. The summed E-state index contributed by atoms with van der Waals surface area (Å²) < 4.78 is 0. The van der Waals surface area contributed by atoms with Gasteiger partial charge in [0.1, 0.15) is 0 Å². The Balaban J connectivity index is 3.40. The standard InChI is InChI=1S/C13H17ClNO/c1-8(2)11-5-10(14)6-12(9(3)4)13(11)15-7-16/h5-6,8-9H,1-4H3,(H,15,16). The van der Waals surface area contributed by atoms with Crippen LogP contribution in [-0.4, -0.2) is 6.41 Å². The normalized spacial score (nSPS) is 10.9. The van der Waals surface area contributed by atoms with Gasteiger partial charge in [-0.25, -0.2) is 0 Å². The Morgan fingerprint density at radius 2 is 1.56 bits per heavy atom. The van der Waals surface area contributed by atoms with Gasteiger partial charge in [-0.1, -0.05) is 39.3 Å². The van der Waals surface area contributed by atoms with E-state index in [0.29, 0.717) is 16.9 Å². The summed E-state index contributed by atoms with van der Waals surface area (Å²) in [7, 11) is 0. The number of halogens is 1. The SMILES string of the molecule is CC(C)c1cc(Cl)cc(C(C)C)c1N[C]=O. The maximum Gasteiger partial charge on any atom is 0.314 e.